The number of carbonyl (C=O) groups is 3. The summed E-state index contributed by atoms with van der Waals surface area (Å²) in [4.78, 5) is 39.8. The van der Waals surface area contributed by atoms with E-state index in [4.69, 9.17) is 4.74 Å². The van der Waals surface area contributed by atoms with Gasteiger partial charge < -0.3 is 10.1 Å². The Balaban J connectivity index is 1.56. The van der Waals surface area contributed by atoms with Gasteiger partial charge in [-0.05, 0) is 55.0 Å². The van der Waals surface area contributed by atoms with Crippen LogP contribution in [0.5, 0.6) is 0 Å². The summed E-state index contributed by atoms with van der Waals surface area (Å²) in [5.41, 5.74) is 3.17. The second-order valence-electron chi connectivity index (χ2n) is 7.18. The largest absolute Gasteiger partial charge is 0.462 e. The van der Waals surface area contributed by atoms with Crippen LogP contribution in [0.3, 0.4) is 0 Å². The number of hydrogen-bond acceptors (Lipinski definition) is 4. The van der Waals surface area contributed by atoms with E-state index in [0.29, 0.717) is 29.8 Å². The standard InChI is InChI=1S/C25H22N2O4/c1-2-31-25(30)18-12-14-20(15-13-18)26-23(28)22-16-19-10-6-7-11-21(19)27(22)24(29)17-8-4-3-5-9-17/h3-15,22H,2,16H2,1H3,(H,26,28). The average molecular weight is 414 g/mol. The van der Waals surface area contributed by atoms with Gasteiger partial charge in [-0.1, -0.05) is 36.4 Å². The first kappa shape index (κ1) is 20.3. The van der Waals surface area contributed by atoms with Crippen LogP contribution in [0.2, 0.25) is 0 Å². The van der Waals surface area contributed by atoms with E-state index in [9.17, 15) is 14.4 Å². The number of amides is 2. The van der Waals surface area contributed by atoms with Crippen molar-refractivity contribution in [1.82, 2.24) is 0 Å². The van der Waals surface area contributed by atoms with Crippen molar-refractivity contribution in [3.63, 3.8) is 0 Å². The summed E-state index contributed by atoms with van der Waals surface area (Å²) >= 11 is 0. The highest BCUT2D eigenvalue weighted by Crippen LogP contribution is 2.34. The van der Waals surface area contributed by atoms with Gasteiger partial charge in [0.15, 0.2) is 0 Å². The molecule has 0 spiro atoms. The lowest BCUT2D eigenvalue weighted by Gasteiger charge is -2.25. The van der Waals surface area contributed by atoms with Crippen LogP contribution in [0.1, 0.15) is 33.2 Å². The number of anilines is 2. The molecule has 1 N–H and O–H groups in total. The fraction of sp³-hybridized carbons (Fsp3) is 0.160. The van der Waals surface area contributed by atoms with Gasteiger partial charge in [0.2, 0.25) is 5.91 Å². The van der Waals surface area contributed by atoms with E-state index in [1.165, 1.54) is 0 Å². The lowest BCUT2D eigenvalue weighted by atomic mass is 10.1. The zero-order valence-electron chi connectivity index (χ0n) is 17.1. The number of fused-ring (bicyclic) bond motifs is 1. The number of benzene rings is 3. The summed E-state index contributed by atoms with van der Waals surface area (Å²) in [5.74, 6) is -0.918. The van der Waals surface area contributed by atoms with Crippen molar-refractivity contribution in [2.75, 3.05) is 16.8 Å². The van der Waals surface area contributed by atoms with Crippen LogP contribution in [-0.2, 0) is 16.0 Å². The van der Waals surface area contributed by atoms with E-state index < -0.39 is 12.0 Å². The fourth-order valence-electron chi connectivity index (χ4n) is 3.70. The zero-order chi connectivity index (χ0) is 21.8. The van der Waals surface area contributed by atoms with Gasteiger partial charge in [-0.25, -0.2) is 4.79 Å². The molecule has 0 fully saturated rings. The van der Waals surface area contributed by atoms with Gasteiger partial charge >= 0.3 is 5.97 Å². The molecule has 0 saturated heterocycles. The third-order valence-corrected chi connectivity index (χ3v) is 5.18. The molecule has 3 aromatic carbocycles. The Hall–Kier alpha value is -3.93. The van der Waals surface area contributed by atoms with Crippen LogP contribution >= 0.6 is 0 Å². The van der Waals surface area contributed by atoms with Crippen LogP contribution in [0.25, 0.3) is 0 Å². The fourth-order valence-corrected chi connectivity index (χ4v) is 3.70. The third-order valence-electron chi connectivity index (χ3n) is 5.18. The maximum absolute atomic E-state index is 13.3. The predicted molar refractivity (Wildman–Crippen MR) is 118 cm³/mol. The van der Waals surface area contributed by atoms with Crippen molar-refractivity contribution in [1.29, 1.82) is 0 Å². The van der Waals surface area contributed by atoms with E-state index in [0.717, 1.165) is 11.3 Å². The summed E-state index contributed by atoms with van der Waals surface area (Å²) in [7, 11) is 0. The molecule has 1 aliphatic rings. The lowest BCUT2D eigenvalue weighted by Crippen LogP contribution is -2.45. The SMILES string of the molecule is CCOC(=O)c1ccc(NC(=O)C2Cc3ccccc3N2C(=O)c2ccccc2)cc1. The van der Waals surface area contributed by atoms with Crippen molar-refractivity contribution < 1.29 is 19.1 Å². The Labute approximate surface area is 180 Å². The highest BCUT2D eigenvalue weighted by Gasteiger charge is 2.38. The van der Waals surface area contributed by atoms with Crippen LogP contribution < -0.4 is 10.2 Å². The van der Waals surface area contributed by atoms with Crippen molar-refractivity contribution in [2.45, 2.75) is 19.4 Å². The molecule has 2 amide bonds. The first-order valence-electron chi connectivity index (χ1n) is 10.1. The maximum atomic E-state index is 13.3. The molecule has 1 unspecified atom stereocenters. The molecular formula is C25H22N2O4. The van der Waals surface area contributed by atoms with Crippen LogP contribution in [0.15, 0.2) is 78.9 Å². The second-order valence-corrected chi connectivity index (χ2v) is 7.18. The van der Waals surface area contributed by atoms with Gasteiger partial charge in [0.05, 0.1) is 12.2 Å². The molecule has 3 aromatic rings. The summed E-state index contributed by atoms with van der Waals surface area (Å²) in [6, 6.07) is 22.3. The van der Waals surface area contributed by atoms with Crippen molar-refractivity contribution in [3.8, 4) is 0 Å². The molecule has 6 nitrogen and oxygen atoms in total. The van der Waals surface area contributed by atoms with E-state index in [2.05, 4.69) is 5.32 Å². The molecule has 1 atom stereocenters. The van der Waals surface area contributed by atoms with Gasteiger partial charge in [-0.3, -0.25) is 14.5 Å². The number of esters is 1. The number of para-hydroxylation sites is 1. The van der Waals surface area contributed by atoms with Gasteiger partial charge in [0.1, 0.15) is 6.04 Å². The average Bonchev–Trinajstić information content (AvgIpc) is 3.19. The quantitative estimate of drug-likeness (QED) is 0.639. The van der Waals surface area contributed by atoms with E-state index in [-0.39, 0.29) is 11.8 Å². The van der Waals surface area contributed by atoms with Crippen molar-refractivity contribution in [2.24, 2.45) is 0 Å². The Morgan fingerprint density at radius 2 is 1.58 bits per heavy atom. The van der Waals surface area contributed by atoms with Crippen LogP contribution in [0.4, 0.5) is 11.4 Å². The molecule has 0 radical (unpaired) electrons. The van der Waals surface area contributed by atoms with Crippen molar-refractivity contribution in [3.05, 3.63) is 95.6 Å². The summed E-state index contributed by atoms with van der Waals surface area (Å²) < 4.78 is 4.98. The highest BCUT2D eigenvalue weighted by atomic mass is 16.5. The van der Waals surface area contributed by atoms with Gasteiger partial charge in [0, 0.05) is 23.4 Å². The monoisotopic (exact) mass is 414 g/mol. The van der Waals surface area contributed by atoms with Crippen molar-refractivity contribution >= 4 is 29.2 Å². The van der Waals surface area contributed by atoms with Gasteiger partial charge in [-0.2, -0.15) is 0 Å². The first-order chi connectivity index (χ1) is 15.1. The molecular weight excluding hydrogens is 392 g/mol. The van der Waals surface area contributed by atoms with Crippen LogP contribution in [-0.4, -0.2) is 30.4 Å². The second kappa shape index (κ2) is 8.83. The molecule has 0 aromatic heterocycles. The summed E-state index contributed by atoms with van der Waals surface area (Å²) in [6.45, 7) is 2.04. The Kier molecular flexibility index (Phi) is 5.80. The molecule has 31 heavy (non-hydrogen) atoms. The molecule has 6 heteroatoms. The zero-order valence-corrected chi connectivity index (χ0v) is 17.1. The molecule has 0 aliphatic carbocycles. The lowest BCUT2D eigenvalue weighted by molar-refractivity contribution is -0.117. The van der Waals surface area contributed by atoms with E-state index >= 15 is 0 Å². The molecule has 0 bridgehead atoms. The molecule has 0 saturated carbocycles. The molecule has 156 valence electrons. The number of carbonyl (C=O) groups excluding carboxylic acids is 3. The van der Waals surface area contributed by atoms with Gasteiger partial charge in [0.25, 0.3) is 5.91 Å². The predicted octanol–water partition coefficient (Wildman–Crippen LogP) is 4.07. The third kappa shape index (κ3) is 4.19. The first-order valence-corrected chi connectivity index (χ1v) is 10.1. The number of hydrogen-bond donors (Lipinski definition) is 1. The summed E-state index contributed by atoms with van der Waals surface area (Å²) in [5, 5.41) is 2.87. The number of ether oxygens (including phenoxy) is 1. The molecule has 1 aliphatic heterocycles. The summed E-state index contributed by atoms with van der Waals surface area (Å²) in [6.07, 6.45) is 0.432. The minimum Gasteiger partial charge on any atom is -0.462 e. The number of nitrogens with zero attached hydrogens (tertiary/aromatic N) is 1. The van der Waals surface area contributed by atoms with Gasteiger partial charge in [-0.15, -0.1) is 0 Å². The maximum Gasteiger partial charge on any atom is 0.338 e. The number of rotatable bonds is 5. The Bertz CT molecular complexity index is 1110. The minimum atomic E-state index is -0.671. The highest BCUT2D eigenvalue weighted by molar-refractivity contribution is 6.13. The normalized spacial score (nSPS) is 14.6. The molecule has 4 rings (SSSR count). The number of nitrogens with one attached hydrogen (secondary N) is 1. The van der Waals surface area contributed by atoms with E-state index in [1.54, 1.807) is 60.4 Å². The van der Waals surface area contributed by atoms with E-state index in [1.807, 2.05) is 30.3 Å². The Morgan fingerprint density at radius 1 is 0.903 bits per heavy atom. The Morgan fingerprint density at radius 3 is 2.29 bits per heavy atom. The smallest absolute Gasteiger partial charge is 0.338 e. The topological polar surface area (TPSA) is 75.7 Å². The minimum absolute atomic E-state index is 0.219. The molecule has 1 heterocycles. The van der Waals surface area contributed by atoms with Crippen LogP contribution in [0, 0.1) is 0 Å².